The number of halogens is 1. The number of hydrogen-bond acceptors (Lipinski definition) is 5. The number of hydrogen-bond donors (Lipinski definition) is 2. The van der Waals surface area contributed by atoms with Crippen LogP contribution in [0.25, 0.3) is 5.65 Å². The molecule has 0 fully saturated rings. The summed E-state index contributed by atoms with van der Waals surface area (Å²) in [5.41, 5.74) is 7.32. The van der Waals surface area contributed by atoms with E-state index >= 15 is 0 Å². The van der Waals surface area contributed by atoms with Gasteiger partial charge in [0.05, 0.1) is 18.2 Å². The molecule has 9 heteroatoms. The van der Waals surface area contributed by atoms with Crippen LogP contribution in [0.4, 0.5) is 4.79 Å². The third-order valence-corrected chi connectivity index (χ3v) is 4.45. The monoisotopic (exact) mass is 414 g/mol. The number of primary amides is 1. The van der Waals surface area contributed by atoms with Gasteiger partial charge in [0.15, 0.2) is 0 Å². The van der Waals surface area contributed by atoms with Crippen LogP contribution in [-0.4, -0.2) is 21.4 Å². The lowest BCUT2D eigenvalue weighted by molar-refractivity contribution is -0.145. The summed E-state index contributed by atoms with van der Waals surface area (Å²) in [7, 11) is 0. The molecule has 3 N–H and O–H groups in total. The molecule has 1 aromatic carbocycles. The molecule has 150 valence electrons. The number of amides is 2. The highest BCUT2D eigenvalue weighted by Gasteiger charge is 2.19. The zero-order valence-corrected chi connectivity index (χ0v) is 16.3. The van der Waals surface area contributed by atoms with E-state index in [0.717, 1.165) is 5.56 Å². The van der Waals surface area contributed by atoms with Gasteiger partial charge in [-0.2, -0.15) is 0 Å². The highest BCUT2D eigenvalue weighted by molar-refractivity contribution is 6.30. The second-order valence-corrected chi connectivity index (χ2v) is 6.93. The molecular weight excluding hydrogens is 396 g/mol. The van der Waals surface area contributed by atoms with Gasteiger partial charge in [0.2, 0.25) is 0 Å². The second kappa shape index (κ2) is 8.74. The summed E-state index contributed by atoms with van der Waals surface area (Å²) < 4.78 is 6.67. The van der Waals surface area contributed by atoms with E-state index in [1.54, 1.807) is 36.5 Å². The van der Waals surface area contributed by atoms with Gasteiger partial charge in [0, 0.05) is 17.3 Å². The molecule has 2 heterocycles. The van der Waals surface area contributed by atoms with Crippen molar-refractivity contribution in [2.45, 2.75) is 26.0 Å². The van der Waals surface area contributed by atoms with Gasteiger partial charge in [-0.25, -0.2) is 9.78 Å². The van der Waals surface area contributed by atoms with E-state index in [1.165, 1.54) is 10.5 Å². The summed E-state index contributed by atoms with van der Waals surface area (Å²) in [5, 5.41) is 3.04. The molecule has 8 nitrogen and oxygen atoms in total. The normalized spacial score (nSPS) is 11.8. The highest BCUT2D eigenvalue weighted by atomic mass is 35.5. The Morgan fingerprint density at radius 3 is 2.66 bits per heavy atom. The Hall–Kier alpha value is -3.39. The molecule has 0 saturated carbocycles. The Morgan fingerprint density at radius 1 is 1.24 bits per heavy atom. The van der Waals surface area contributed by atoms with Gasteiger partial charge in [-0.15, -0.1) is 0 Å². The summed E-state index contributed by atoms with van der Waals surface area (Å²) in [5.74, 6) is -0.579. The highest BCUT2D eigenvalue weighted by Crippen LogP contribution is 2.20. The lowest BCUT2D eigenvalue weighted by Gasteiger charge is -2.17. The van der Waals surface area contributed by atoms with E-state index < -0.39 is 18.0 Å². The number of pyridine rings is 1. The van der Waals surface area contributed by atoms with E-state index in [-0.39, 0.29) is 18.6 Å². The summed E-state index contributed by atoms with van der Waals surface area (Å²) in [6.07, 6.45) is 1.54. The molecule has 0 aliphatic carbocycles. The van der Waals surface area contributed by atoms with Crippen molar-refractivity contribution in [3.8, 4) is 0 Å². The summed E-state index contributed by atoms with van der Waals surface area (Å²) in [6, 6.07) is 10.1. The average Bonchev–Trinajstić information content (AvgIpc) is 2.67. The fourth-order valence-corrected chi connectivity index (χ4v) is 2.96. The zero-order valence-electron chi connectivity index (χ0n) is 15.6. The Balaban J connectivity index is 1.69. The largest absolute Gasteiger partial charge is 0.459 e. The minimum atomic E-state index is -0.766. The number of esters is 1. The van der Waals surface area contributed by atoms with E-state index in [1.807, 2.05) is 13.0 Å². The first-order valence-electron chi connectivity index (χ1n) is 8.78. The van der Waals surface area contributed by atoms with E-state index in [2.05, 4.69) is 10.3 Å². The fourth-order valence-electron chi connectivity index (χ4n) is 2.83. The van der Waals surface area contributed by atoms with Crippen molar-refractivity contribution in [2.24, 2.45) is 5.73 Å². The Morgan fingerprint density at radius 2 is 1.97 bits per heavy atom. The first-order valence-corrected chi connectivity index (χ1v) is 9.15. The third-order valence-electron chi connectivity index (χ3n) is 4.20. The number of benzene rings is 1. The first-order chi connectivity index (χ1) is 13.8. The molecule has 0 aliphatic heterocycles. The number of rotatable bonds is 6. The predicted molar refractivity (Wildman–Crippen MR) is 108 cm³/mol. The second-order valence-electron chi connectivity index (χ2n) is 6.50. The topological polar surface area (TPSA) is 116 Å². The molecule has 0 radical (unpaired) electrons. The Bertz CT molecular complexity index is 1110. The zero-order chi connectivity index (χ0) is 21.0. The van der Waals surface area contributed by atoms with Gasteiger partial charge in [-0.3, -0.25) is 14.0 Å². The number of nitrogens with one attached hydrogen (secondary N) is 1. The molecule has 0 saturated heterocycles. The van der Waals surface area contributed by atoms with Gasteiger partial charge < -0.3 is 15.8 Å². The maximum Gasteiger partial charge on any atom is 0.312 e. The van der Waals surface area contributed by atoms with Gasteiger partial charge in [-0.05, 0) is 36.2 Å². The molecule has 0 unspecified atom stereocenters. The van der Waals surface area contributed by atoms with Gasteiger partial charge >= 0.3 is 12.0 Å². The number of aryl methyl sites for hydroxylation is 1. The van der Waals surface area contributed by atoms with Crippen molar-refractivity contribution in [1.82, 2.24) is 14.7 Å². The molecule has 0 bridgehead atoms. The van der Waals surface area contributed by atoms with Gasteiger partial charge in [0.1, 0.15) is 12.3 Å². The maximum atomic E-state index is 12.3. The number of carbonyl (C=O) groups is 2. The third kappa shape index (κ3) is 5.32. The van der Waals surface area contributed by atoms with Gasteiger partial charge in [0.25, 0.3) is 5.56 Å². The number of nitrogens with zero attached hydrogens (tertiary/aromatic N) is 2. The van der Waals surface area contributed by atoms with Crippen molar-refractivity contribution in [3.63, 3.8) is 0 Å². The summed E-state index contributed by atoms with van der Waals surface area (Å²) in [6.45, 7) is 1.71. The van der Waals surface area contributed by atoms with Crippen LogP contribution >= 0.6 is 11.6 Å². The number of fused-ring (bicyclic) bond motifs is 1. The van der Waals surface area contributed by atoms with E-state index in [9.17, 15) is 14.4 Å². The van der Waals surface area contributed by atoms with E-state index in [0.29, 0.717) is 21.9 Å². The standard InChI is InChI=1S/C20H19ClN4O4/c1-12-2-7-17-23-15(8-18(26)25(17)10-12)11-29-19(27)9-16(24-20(22)28)13-3-5-14(21)6-4-13/h2-8,10,16H,9,11H2,1H3,(H3,22,24,28)/t16-/m1/s1. The molecule has 0 spiro atoms. The minimum Gasteiger partial charge on any atom is -0.459 e. The van der Waals surface area contributed by atoms with Crippen molar-refractivity contribution >= 4 is 29.2 Å². The van der Waals surface area contributed by atoms with Crippen LogP contribution in [0.3, 0.4) is 0 Å². The first kappa shape index (κ1) is 20.3. The fraction of sp³-hybridized carbons (Fsp3) is 0.200. The van der Waals surface area contributed by atoms with Crippen LogP contribution in [0, 0.1) is 6.92 Å². The quantitative estimate of drug-likeness (QED) is 0.601. The number of carbonyl (C=O) groups excluding carboxylic acids is 2. The average molecular weight is 415 g/mol. The molecule has 29 heavy (non-hydrogen) atoms. The van der Waals surface area contributed by atoms with Crippen molar-refractivity contribution in [2.75, 3.05) is 0 Å². The minimum absolute atomic E-state index is 0.143. The summed E-state index contributed by atoms with van der Waals surface area (Å²) >= 11 is 5.87. The number of aromatic nitrogens is 2. The Labute approximate surface area is 171 Å². The number of urea groups is 1. The van der Waals surface area contributed by atoms with Gasteiger partial charge in [-0.1, -0.05) is 29.8 Å². The molecule has 2 amide bonds. The van der Waals surface area contributed by atoms with Crippen molar-refractivity contribution in [1.29, 1.82) is 0 Å². The van der Waals surface area contributed by atoms with E-state index in [4.69, 9.17) is 22.1 Å². The van der Waals surface area contributed by atoms with Crippen LogP contribution in [0.5, 0.6) is 0 Å². The van der Waals surface area contributed by atoms with Crippen LogP contribution in [0.15, 0.2) is 53.5 Å². The number of ether oxygens (including phenoxy) is 1. The smallest absolute Gasteiger partial charge is 0.312 e. The molecule has 2 aromatic heterocycles. The van der Waals surface area contributed by atoms with Crippen LogP contribution in [0.2, 0.25) is 5.02 Å². The molecule has 3 rings (SSSR count). The number of nitrogens with two attached hydrogens (primary N) is 1. The maximum absolute atomic E-state index is 12.3. The molecule has 3 aromatic rings. The molecule has 0 aliphatic rings. The summed E-state index contributed by atoms with van der Waals surface area (Å²) in [4.78, 5) is 40.1. The van der Waals surface area contributed by atoms with Crippen molar-refractivity contribution in [3.05, 3.63) is 80.9 Å². The molecular formula is C20H19ClN4O4. The van der Waals surface area contributed by atoms with Crippen LogP contribution in [-0.2, 0) is 16.1 Å². The Kier molecular flexibility index (Phi) is 6.13. The lowest BCUT2D eigenvalue weighted by atomic mass is 10.0. The van der Waals surface area contributed by atoms with Crippen molar-refractivity contribution < 1.29 is 14.3 Å². The molecule has 1 atom stereocenters. The van der Waals surface area contributed by atoms with Crippen LogP contribution in [0.1, 0.15) is 29.3 Å². The van der Waals surface area contributed by atoms with Crippen LogP contribution < -0.4 is 16.6 Å². The lowest BCUT2D eigenvalue weighted by Crippen LogP contribution is -2.34. The SMILES string of the molecule is Cc1ccc2nc(COC(=O)C[C@@H](NC(N)=O)c3ccc(Cl)cc3)cc(=O)n2c1. The predicted octanol–water partition coefficient (Wildman–Crippen LogP) is 2.50.